The van der Waals surface area contributed by atoms with Crippen LogP contribution in [-0.2, 0) is 4.79 Å². The number of rotatable bonds is 2. The van der Waals surface area contributed by atoms with Gasteiger partial charge in [0.2, 0.25) is 5.91 Å². The van der Waals surface area contributed by atoms with Crippen molar-refractivity contribution in [2.24, 2.45) is 0 Å². The van der Waals surface area contributed by atoms with Crippen molar-refractivity contribution in [2.75, 3.05) is 13.1 Å². The van der Waals surface area contributed by atoms with Crippen molar-refractivity contribution in [3.63, 3.8) is 0 Å². The maximum atomic E-state index is 12.3. The van der Waals surface area contributed by atoms with Crippen LogP contribution in [0.15, 0.2) is 28.7 Å². The second-order valence-corrected chi connectivity index (χ2v) is 5.87. The van der Waals surface area contributed by atoms with E-state index in [1.54, 1.807) is 4.90 Å². The quantitative estimate of drug-likeness (QED) is 0.866. The van der Waals surface area contributed by atoms with Crippen LogP contribution in [0.2, 0.25) is 0 Å². The zero-order chi connectivity index (χ0) is 14.7. The summed E-state index contributed by atoms with van der Waals surface area (Å²) in [6.07, 6.45) is 0. The highest BCUT2D eigenvalue weighted by atomic mass is 79.9. The number of piperazine rings is 1. The Morgan fingerprint density at radius 2 is 2.15 bits per heavy atom. The van der Waals surface area contributed by atoms with Crippen molar-refractivity contribution >= 4 is 27.9 Å². The van der Waals surface area contributed by atoms with Gasteiger partial charge in [0.15, 0.2) is 0 Å². The first-order chi connectivity index (χ1) is 9.50. The predicted octanol–water partition coefficient (Wildman–Crippen LogP) is 2.04. The summed E-state index contributed by atoms with van der Waals surface area (Å²) in [7, 11) is 0. The summed E-state index contributed by atoms with van der Waals surface area (Å²) in [6, 6.07) is 6.69. The molecule has 1 saturated heterocycles. The summed E-state index contributed by atoms with van der Waals surface area (Å²) in [6.45, 7) is 4.77. The van der Waals surface area contributed by atoms with Crippen LogP contribution < -0.4 is 10.6 Å². The van der Waals surface area contributed by atoms with Crippen molar-refractivity contribution in [2.45, 2.75) is 25.9 Å². The number of urea groups is 1. The molecule has 0 unspecified atom stereocenters. The fourth-order valence-corrected chi connectivity index (χ4v) is 2.72. The van der Waals surface area contributed by atoms with E-state index in [4.69, 9.17) is 0 Å². The van der Waals surface area contributed by atoms with Gasteiger partial charge < -0.3 is 15.5 Å². The predicted molar refractivity (Wildman–Crippen MR) is 80.3 cm³/mol. The molecule has 0 aliphatic carbocycles. The summed E-state index contributed by atoms with van der Waals surface area (Å²) in [5.74, 6) is -0.151. The molecule has 3 amide bonds. The molecule has 20 heavy (non-hydrogen) atoms. The molecule has 0 bridgehead atoms. The lowest BCUT2D eigenvalue weighted by atomic mass is 10.0. The molecule has 1 fully saturated rings. The van der Waals surface area contributed by atoms with Crippen molar-refractivity contribution in [1.29, 1.82) is 0 Å². The Kier molecular flexibility index (Phi) is 4.65. The third-order valence-electron chi connectivity index (χ3n) is 3.08. The standard InChI is InChI=1S/C14H18BrN3O2/c1-9(2)17-14(20)18-8-7-16-13(19)12(18)10-5-3-4-6-11(10)15/h3-6,9,12H,7-8H2,1-2H3,(H,16,19)(H,17,20)/t12-/m1/s1. The van der Waals surface area contributed by atoms with Crippen LogP contribution in [0.4, 0.5) is 4.79 Å². The molecule has 1 aromatic rings. The highest BCUT2D eigenvalue weighted by Gasteiger charge is 2.35. The summed E-state index contributed by atoms with van der Waals surface area (Å²) in [4.78, 5) is 26.0. The molecule has 1 aromatic carbocycles. The minimum atomic E-state index is -0.599. The fraction of sp³-hybridized carbons (Fsp3) is 0.429. The Labute approximate surface area is 126 Å². The number of carbonyl (C=O) groups excluding carboxylic acids is 2. The normalized spacial score (nSPS) is 18.9. The molecule has 6 heteroatoms. The molecule has 0 saturated carbocycles. The molecule has 108 valence electrons. The Morgan fingerprint density at radius 3 is 2.80 bits per heavy atom. The van der Waals surface area contributed by atoms with Crippen molar-refractivity contribution in [1.82, 2.24) is 15.5 Å². The van der Waals surface area contributed by atoms with Gasteiger partial charge in [0.25, 0.3) is 0 Å². The molecule has 0 aromatic heterocycles. The average molecular weight is 340 g/mol. The SMILES string of the molecule is CC(C)NC(=O)N1CCNC(=O)[C@H]1c1ccccc1Br. The van der Waals surface area contributed by atoms with Gasteiger partial charge in [-0.05, 0) is 25.5 Å². The van der Waals surface area contributed by atoms with Gasteiger partial charge in [0.1, 0.15) is 6.04 Å². The largest absolute Gasteiger partial charge is 0.352 e. The first-order valence-corrected chi connectivity index (χ1v) is 7.39. The Hall–Kier alpha value is -1.56. The van der Waals surface area contributed by atoms with Crippen LogP contribution in [0.5, 0.6) is 0 Å². The van der Waals surface area contributed by atoms with Crippen molar-refractivity contribution < 1.29 is 9.59 Å². The van der Waals surface area contributed by atoms with Gasteiger partial charge in [-0.15, -0.1) is 0 Å². The minimum absolute atomic E-state index is 0.0346. The number of halogens is 1. The molecule has 1 aliphatic heterocycles. The van der Waals surface area contributed by atoms with E-state index in [0.717, 1.165) is 10.0 Å². The average Bonchev–Trinajstić information content (AvgIpc) is 2.39. The molecule has 2 rings (SSSR count). The molecule has 5 nitrogen and oxygen atoms in total. The molecular formula is C14H18BrN3O2. The van der Waals surface area contributed by atoms with Gasteiger partial charge >= 0.3 is 6.03 Å². The Bertz CT molecular complexity index is 519. The number of hydrogen-bond donors (Lipinski definition) is 2. The highest BCUT2D eigenvalue weighted by Crippen LogP contribution is 2.29. The first kappa shape index (κ1) is 14.8. The van der Waals surface area contributed by atoms with E-state index in [-0.39, 0.29) is 18.0 Å². The molecule has 0 spiro atoms. The van der Waals surface area contributed by atoms with Gasteiger partial charge in [-0.3, -0.25) is 4.79 Å². The number of nitrogens with one attached hydrogen (secondary N) is 2. The summed E-state index contributed by atoms with van der Waals surface area (Å²) >= 11 is 3.45. The molecule has 1 atom stereocenters. The van der Waals surface area contributed by atoms with Gasteiger partial charge in [0.05, 0.1) is 0 Å². The summed E-state index contributed by atoms with van der Waals surface area (Å²) in [5.41, 5.74) is 0.795. The lowest BCUT2D eigenvalue weighted by Gasteiger charge is -2.36. The number of carbonyl (C=O) groups is 2. The number of nitrogens with zero attached hydrogens (tertiary/aromatic N) is 1. The van der Waals surface area contributed by atoms with Crippen LogP contribution in [0.1, 0.15) is 25.5 Å². The van der Waals surface area contributed by atoms with Gasteiger partial charge in [-0.25, -0.2) is 4.79 Å². The zero-order valence-corrected chi connectivity index (χ0v) is 13.1. The molecule has 0 radical (unpaired) electrons. The van der Waals surface area contributed by atoms with Crippen LogP contribution in [-0.4, -0.2) is 36.0 Å². The first-order valence-electron chi connectivity index (χ1n) is 6.60. The molecule has 2 N–H and O–H groups in total. The Morgan fingerprint density at radius 1 is 1.45 bits per heavy atom. The maximum Gasteiger partial charge on any atom is 0.318 e. The van der Waals surface area contributed by atoms with Crippen molar-refractivity contribution in [3.05, 3.63) is 34.3 Å². The van der Waals surface area contributed by atoms with Crippen LogP contribution in [0.25, 0.3) is 0 Å². The second kappa shape index (κ2) is 6.26. The third kappa shape index (κ3) is 3.12. The highest BCUT2D eigenvalue weighted by molar-refractivity contribution is 9.10. The van der Waals surface area contributed by atoms with Crippen LogP contribution in [0.3, 0.4) is 0 Å². The molecular weight excluding hydrogens is 322 g/mol. The van der Waals surface area contributed by atoms with E-state index < -0.39 is 6.04 Å². The molecule has 1 heterocycles. The topological polar surface area (TPSA) is 61.4 Å². The maximum absolute atomic E-state index is 12.3. The van der Waals surface area contributed by atoms with E-state index >= 15 is 0 Å². The minimum Gasteiger partial charge on any atom is -0.352 e. The zero-order valence-electron chi connectivity index (χ0n) is 11.5. The summed E-state index contributed by atoms with van der Waals surface area (Å²) < 4.78 is 0.824. The summed E-state index contributed by atoms with van der Waals surface area (Å²) in [5, 5.41) is 5.66. The van der Waals surface area contributed by atoms with Crippen LogP contribution >= 0.6 is 15.9 Å². The van der Waals surface area contributed by atoms with E-state index in [0.29, 0.717) is 13.1 Å². The smallest absolute Gasteiger partial charge is 0.318 e. The Balaban J connectivity index is 2.32. The second-order valence-electron chi connectivity index (χ2n) is 5.01. The lowest BCUT2D eigenvalue weighted by molar-refractivity contribution is -0.127. The van der Waals surface area contributed by atoms with Crippen molar-refractivity contribution in [3.8, 4) is 0 Å². The molecule has 1 aliphatic rings. The van der Waals surface area contributed by atoms with E-state index in [1.807, 2.05) is 38.1 Å². The number of amides is 3. The lowest BCUT2D eigenvalue weighted by Crippen LogP contribution is -2.55. The number of benzene rings is 1. The van der Waals surface area contributed by atoms with E-state index in [2.05, 4.69) is 26.6 Å². The van der Waals surface area contributed by atoms with Gasteiger partial charge in [-0.1, -0.05) is 34.1 Å². The third-order valence-corrected chi connectivity index (χ3v) is 3.81. The monoisotopic (exact) mass is 339 g/mol. The van der Waals surface area contributed by atoms with Gasteiger partial charge in [0, 0.05) is 23.6 Å². The number of hydrogen-bond acceptors (Lipinski definition) is 2. The van der Waals surface area contributed by atoms with E-state index in [9.17, 15) is 9.59 Å². The fourth-order valence-electron chi connectivity index (χ4n) is 2.22. The van der Waals surface area contributed by atoms with Gasteiger partial charge in [-0.2, -0.15) is 0 Å². The van der Waals surface area contributed by atoms with E-state index in [1.165, 1.54) is 0 Å². The van der Waals surface area contributed by atoms with Crippen LogP contribution in [0, 0.1) is 0 Å².